The molecule has 1 fully saturated rings. The van der Waals surface area contributed by atoms with Crippen LogP contribution in [0.25, 0.3) is 10.9 Å². The number of carbonyl (C=O) groups is 3. The van der Waals surface area contributed by atoms with Crippen molar-refractivity contribution in [1.29, 1.82) is 0 Å². The zero-order chi connectivity index (χ0) is 23.0. The summed E-state index contributed by atoms with van der Waals surface area (Å²) in [5.74, 6) is -3.30. The zero-order valence-corrected chi connectivity index (χ0v) is 18.0. The second-order valence-corrected chi connectivity index (χ2v) is 7.54. The van der Waals surface area contributed by atoms with Gasteiger partial charge in [0.15, 0.2) is 11.8 Å². The van der Waals surface area contributed by atoms with Crippen LogP contribution in [0.15, 0.2) is 18.3 Å². The van der Waals surface area contributed by atoms with Gasteiger partial charge >= 0.3 is 12.9 Å². The maximum atomic E-state index is 15.2. The average Bonchev–Trinajstić information content (AvgIpc) is 2.72. The van der Waals surface area contributed by atoms with E-state index in [4.69, 9.17) is 18.6 Å². The first-order chi connectivity index (χ1) is 15.2. The fourth-order valence-electron chi connectivity index (χ4n) is 3.97. The van der Waals surface area contributed by atoms with Crippen molar-refractivity contribution in [3.63, 3.8) is 0 Å². The summed E-state index contributed by atoms with van der Waals surface area (Å²) < 4.78 is 37.7. The van der Waals surface area contributed by atoms with E-state index in [1.165, 1.54) is 12.3 Å². The predicted molar refractivity (Wildman–Crippen MR) is 110 cm³/mol. The van der Waals surface area contributed by atoms with Gasteiger partial charge in [0.05, 0.1) is 11.1 Å². The highest BCUT2D eigenvalue weighted by Gasteiger charge is 2.51. The fourth-order valence-corrected chi connectivity index (χ4v) is 3.97. The summed E-state index contributed by atoms with van der Waals surface area (Å²) in [5, 5.41) is 3.48. The number of nitrogens with zero attached hydrogens (tertiary/aromatic N) is 2. The van der Waals surface area contributed by atoms with E-state index in [0.29, 0.717) is 30.8 Å². The number of halogens is 1. The van der Waals surface area contributed by atoms with Crippen LogP contribution in [0.1, 0.15) is 31.1 Å². The van der Waals surface area contributed by atoms with Crippen LogP contribution in [0, 0.1) is 5.82 Å². The summed E-state index contributed by atoms with van der Waals surface area (Å²) >= 11 is 0. The van der Waals surface area contributed by atoms with Crippen molar-refractivity contribution in [2.45, 2.75) is 27.3 Å². The molecule has 10 nitrogen and oxygen atoms in total. The molecule has 4 rings (SSSR count). The molecule has 2 aliphatic rings. The lowest BCUT2D eigenvalue weighted by molar-refractivity contribution is -0.667. The van der Waals surface area contributed by atoms with E-state index in [9.17, 15) is 14.4 Å². The molecule has 0 aliphatic carbocycles. The second-order valence-electron chi connectivity index (χ2n) is 7.54. The molecule has 1 aromatic carbocycles. The average molecular weight is 447 g/mol. The molecule has 170 valence electrons. The van der Waals surface area contributed by atoms with Gasteiger partial charge in [-0.05, 0) is 13.0 Å². The van der Waals surface area contributed by atoms with Gasteiger partial charge in [0.1, 0.15) is 18.1 Å². The Bertz CT molecular complexity index is 1100. The molecule has 2 aliphatic heterocycles. The lowest BCUT2D eigenvalue weighted by atomic mass is 9.98. The molecule has 0 atom stereocenters. The lowest BCUT2D eigenvalue weighted by Gasteiger charge is -2.41. The van der Waals surface area contributed by atoms with E-state index in [0.717, 1.165) is 26.9 Å². The maximum absolute atomic E-state index is 15.2. The van der Waals surface area contributed by atoms with Gasteiger partial charge < -0.3 is 28.8 Å². The smallest absolute Gasteiger partial charge is 0.610 e. The molecule has 32 heavy (non-hydrogen) atoms. The van der Waals surface area contributed by atoms with E-state index in [-0.39, 0.29) is 16.7 Å². The van der Waals surface area contributed by atoms with E-state index < -0.39 is 30.7 Å². The number of anilines is 1. The molecule has 3 heterocycles. The summed E-state index contributed by atoms with van der Waals surface area (Å²) in [6.45, 7) is 3.68. The van der Waals surface area contributed by atoms with Gasteiger partial charge in [-0.15, -0.1) is 0 Å². The summed E-state index contributed by atoms with van der Waals surface area (Å²) in [6, 6.07) is 2.95. The molecule has 0 saturated carbocycles. The highest BCUT2D eigenvalue weighted by Crippen LogP contribution is 2.38. The van der Waals surface area contributed by atoms with Crippen molar-refractivity contribution in [3.05, 3.63) is 29.7 Å². The molecular formula is C20H23BFN3O7. The van der Waals surface area contributed by atoms with Crippen molar-refractivity contribution in [1.82, 2.24) is 5.32 Å². The first-order valence-corrected chi connectivity index (χ1v) is 10.3. The van der Waals surface area contributed by atoms with Crippen LogP contribution in [0.3, 0.4) is 0 Å². The minimum absolute atomic E-state index is 0.00882. The molecule has 0 spiro atoms. The Morgan fingerprint density at radius 3 is 2.44 bits per heavy atom. The number of hydrogen-bond acceptors (Lipinski definition) is 9. The van der Waals surface area contributed by atoms with Gasteiger partial charge in [-0.3, -0.25) is 14.4 Å². The molecule has 12 heteroatoms. The molecule has 1 saturated heterocycles. The van der Waals surface area contributed by atoms with Crippen molar-refractivity contribution in [3.8, 4) is 5.75 Å². The van der Waals surface area contributed by atoms with Crippen LogP contribution in [0.2, 0.25) is 0 Å². The maximum Gasteiger partial charge on any atom is 0.782 e. The molecule has 0 radical (unpaired) electrons. The number of benzene rings is 1. The number of nitrogens with one attached hydrogen (secondary N) is 1. The van der Waals surface area contributed by atoms with E-state index in [1.807, 2.05) is 11.8 Å². The van der Waals surface area contributed by atoms with Gasteiger partial charge in [-0.2, -0.15) is 4.57 Å². The normalized spacial score (nSPS) is 17.2. The van der Waals surface area contributed by atoms with Crippen LogP contribution >= 0.6 is 0 Å². The number of hydrogen-bond donors (Lipinski definition) is 1. The number of carbonyl (C=O) groups excluding carboxylic acids is 3. The number of aryl methyl sites for hydroxylation is 1. The molecule has 0 amide bonds. The third-order valence-corrected chi connectivity index (χ3v) is 5.30. The van der Waals surface area contributed by atoms with Crippen LogP contribution in [0.5, 0.6) is 5.75 Å². The summed E-state index contributed by atoms with van der Waals surface area (Å²) in [4.78, 5) is 37.9. The quantitative estimate of drug-likeness (QED) is 0.538. The molecule has 1 N–H and O–H groups in total. The minimum Gasteiger partial charge on any atom is -0.610 e. The van der Waals surface area contributed by atoms with E-state index >= 15 is 4.39 Å². The zero-order valence-electron chi connectivity index (χ0n) is 18.0. The lowest BCUT2D eigenvalue weighted by Crippen LogP contribution is -2.58. The van der Waals surface area contributed by atoms with E-state index in [1.54, 1.807) is 10.6 Å². The number of rotatable bonds is 4. The third kappa shape index (κ3) is 3.93. The summed E-state index contributed by atoms with van der Waals surface area (Å²) in [6.07, 6.45) is 1.51. The van der Waals surface area contributed by atoms with Crippen molar-refractivity contribution in [2.24, 2.45) is 0 Å². The molecule has 1 aromatic heterocycles. The van der Waals surface area contributed by atoms with Gasteiger partial charge in [0.2, 0.25) is 5.52 Å². The summed E-state index contributed by atoms with van der Waals surface area (Å²) in [7, 11) is 0. The Morgan fingerprint density at radius 1 is 1.19 bits per heavy atom. The van der Waals surface area contributed by atoms with Gasteiger partial charge in [0.25, 0.3) is 11.9 Å². The van der Waals surface area contributed by atoms with Gasteiger partial charge in [-0.25, -0.2) is 4.39 Å². The van der Waals surface area contributed by atoms with Crippen LogP contribution < -0.4 is 19.4 Å². The molecule has 0 unspecified atom stereocenters. The first-order valence-electron chi connectivity index (χ1n) is 10.3. The Kier molecular flexibility index (Phi) is 5.63. The second kappa shape index (κ2) is 8.27. The van der Waals surface area contributed by atoms with E-state index in [2.05, 4.69) is 5.32 Å². The van der Waals surface area contributed by atoms with Crippen LogP contribution in [-0.2, 0) is 30.1 Å². The Labute approximate surface area is 183 Å². The number of aromatic nitrogens is 1. The Hall–Kier alpha value is -3.41. The standard InChI is InChI=1S/C20H23BFN3O7/c1-4-24-11-15-19(31-21(29-12(2)26,30-13(3)27)32-20(15)28)14-9-16(22)18(10-17(14)24)25-7-5-23-6-8-25/h9-11,23H,4-8H2,1-3H3. The van der Waals surface area contributed by atoms with Crippen molar-refractivity contribution < 1.29 is 42.0 Å². The number of piperazine rings is 1. The summed E-state index contributed by atoms with van der Waals surface area (Å²) in [5.41, 5.74) is 1.01. The largest absolute Gasteiger partial charge is 0.782 e. The number of fused-ring (bicyclic) bond motifs is 3. The van der Waals surface area contributed by atoms with Gasteiger partial charge in [0, 0.05) is 46.1 Å². The van der Waals surface area contributed by atoms with Crippen molar-refractivity contribution >= 4 is 41.5 Å². The molecule has 2 aromatic rings. The van der Waals surface area contributed by atoms with Crippen LogP contribution in [0.4, 0.5) is 10.1 Å². The van der Waals surface area contributed by atoms with Gasteiger partial charge in [-0.1, -0.05) is 0 Å². The number of pyridine rings is 1. The topological polar surface area (TPSA) is 107 Å². The monoisotopic (exact) mass is 447 g/mol. The molecular weight excluding hydrogens is 424 g/mol. The SMILES string of the molecule is CC[n+]1cc2c(c3cc(F)c(N4CCNCC4)cc31)O[B-](OC(C)=O)(OC(C)=O)OC2=O. The minimum atomic E-state index is -3.54. The highest BCUT2D eigenvalue weighted by atomic mass is 19.1. The molecule has 0 bridgehead atoms. The Balaban J connectivity index is 1.90. The fraction of sp³-hybridized carbons (Fsp3) is 0.400. The first kappa shape index (κ1) is 21.8. The van der Waals surface area contributed by atoms with Crippen molar-refractivity contribution in [2.75, 3.05) is 31.1 Å². The van der Waals surface area contributed by atoms with Crippen LogP contribution in [-0.4, -0.2) is 51.0 Å². The highest BCUT2D eigenvalue weighted by molar-refractivity contribution is 6.61. The Morgan fingerprint density at radius 2 is 1.84 bits per heavy atom. The third-order valence-electron chi connectivity index (χ3n) is 5.30. The predicted octanol–water partition coefficient (Wildman–Crippen LogP) is 0.807.